The average molecular weight is 422 g/mol. The molecule has 8 unspecified atom stereocenters. The van der Waals surface area contributed by atoms with E-state index >= 15 is 0 Å². The molecule has 8 atom stereocenters. The minimum Gasteiger partial charge on any atom is -0.461 e. The summed E-state index contributed by atoms with van der Waals surface area (Å²) in [5.74, 6) is 1.78. The molecule has 2 N–H and O–H groups in total. The maximum Gasteiger partial charge on any atom is 0.309 e. The zero-order chi connectivity index (χ0) is 21.3. The van der Waals surface area contributed by atoms with Gasteiger partial charge in [-0.25, -0.2) is 0 Å². The molecule has 4 aliphatic rings. The second-order valence-electron chi connectivity index (χ2n) is 10.1. The van der Waals surface area contributed by atoms with Crippen LogP contribution < -0.4 is 10.6 Å². The standard InChI is InChI=1S/C23H39N3O4/c1-14-12-29-21-16(3)22-19(11-18(14)21)15(2)17(23(28)30-22)5-6-20(27)25-7-4-9-26-10-8-24-13-26/h14-19,21-22,24H,4-13H2,1-3H3,(H,25,27). The summed E-state index contributed by atoms with van der Waals surface area (Å²) >= 11 is 0. The van der Waals surface area contributed by atoms with Gasteiger partial charge in [0.15, 0.2) is 0 Å². The highest BCUT2D eigenvalue weighted by Crippen LogP contribution is 2.50. The lowest BCUT2D eigenvalue weighted by atomic mass is 9.62. The number of hydrogen-bond acceptors (Lipinski definition) is 6. The minimum atomic E-state index is -0.172. The molecule has 0 radical (unpaired) electrons. The quantitative estimate of drug-likeness (QED) is 0.480. The summed E-state index contributed by atoms with van der Waals surface area (Å²) in [6.07, 6.45) is 3.19. The van der Waals surface area contributed by atoms with Gasteiger partial charge in [0.05, 0.1) is 12.0 Å². The molecule has 1 aliphatic carbocycles. The molecule has 1 amide bonds. The first-order chi connectivity index (χ1) is 14.5. The van der Waals surface area contributed by atoms with Crippen LogP contribution >= 0.6 is 0 Å². The Morgan fingerprint density at radius 3 is 2.80 bits per heavy atom. The molecule has 170 valence electrons. The van der Waals surface area contributed by atoms with Gasteiger partial charge in [0.1, 0.15) is 6.10 Å². The van der Waals surface area contributed by atoms with Gasteiger partial charge in [-0.1, -0.05) is 20.8 Å². The summed E-state index contributed by atoms with van der Waals surface area (Å²) in [7, 11) is 0. The maximum atomic E-state index is 12.8. The van der Waals surface area contributed by atoms with Gasteiger partial charge >= 0.3 is 5.97 Å². The second-order valence-corrected chi connectivity index (χ2v) is 10.1. The Bertz CT molecular complexity index is 624. The molecule has 3 heterocycles. The van der Waals surface area contributed by atoms with Crippen molar-refractivity contribution in [3.8, 4) is 0 Å². The first-order valence-electron chi connectivity index (χ1n) is 12.0. The van der Waals surface area contributed by atoms with Crippen LogP contribution in [0.5, 0.6) is 0 Å². The molecule has 0 spiro atoms. The highest BCUT2D eigenvalue weighted by atomic mass is 16.6. The number of amides is 1. The van der Waals surface area contributed by atoms with E-state index in [9.17, 15) is 9.59 Å². The zero-order valence-electron chi connectivity index (χ0n) is 18.8. The Balaban J connectivity index is 1.24. The summed E-state index contributed by atoms with van der Waals surface area (Å²) in [5, 5.41) is 6.33. The Labute approximate surface area is 180 Å². The van der Waals surface area contributed by atoms with E-state index in [0.29, 0.717) is 37.1 Å². The third kappa shape index (κ3) is 4.53. The van der Waals surface area contributed by atoms with E-state index in [-0.39, 0.29) is 41.8 Å². The first kappa shape index (κ1) is 22.0. The lowest BCUT2D eigenvalue weighted by molar-refractivity contribution is -0.192. The average Bonchev–Trinajstić information content (AvgIpc) is 3.36. The Morgan fingerprint density at radius 2 is 2.03 bits per heavy atom. The molecule has 1 saturated carbocycles. The Kier molecular flexibility index (Phi) is 7.00. The molecule has 0 aromatic carbocycles. The summed E-state index contributed by atoms with van der Waals surface area (Å²) in [4.78, 5) is 27.4. The van der Waals surface area contributed by atoms with E-state index in [1.807, 2.05) is 0 Å². The number of esters is 1. The van der Waals surface area contributed by atoms with Crippen molar-refractivity contribution in [2.75, 3.05) is 39.5 Å². The molecule has 4 rings (SSSR count). The molecule has 7 heteroatoms. The lowest BCUT2D eigenvalue weighted by Crippen LogP contribution is -2.54. The lowest BCUT2D eigenvalue weighted by Gasteiger charge is -2.49. The number of carbonyl (C=O) groups is 2. The van der Waals surface area contributed by atoms with Crippen LogP contribution in [0.25, 0.3) is 0 Å². The van der Waals surface area contributed by atoms with Gasteiger partial charge in [0, 0.05) is 57.7 Å². The van der Waals surface area contributed by atoms with Gasteiger partial charge in [-0.15, -0.1) is 0 Å². The fourth-order valence-corrected chi connectivity index (χ4v) is 6.24. The van der Waals surface area contributed by atoms with Gasteiger partial charge in [0.2, 0.25) is 5.91 Å². The van der Waals surface area contributed by atoms with E-state index < -0.39 is 0 Å². The number of hydrogen-bond donors (Lipinski definition) is 2. The highest BCUT2D eigenvalue weighted by Gasteiger charge is 2.55. The largest absolute Gasteiger partial charge is 0.461 e. The van der Waals surface area contributed by atoms with Crippen molar-refractivity contribution in [2.24, 2.45) is 35.5 Å². The molecule has 30 heavy (non-hydrogen) atoms. The maximum absolute atomic E-state index is 12.8. The summed E-state index contributed by atoms with van der Waals surface area (Å²) in [6.45, 7) is 12.3. The van der Waals surface area contributed by atoms with Crippen LogP contribution in [0, 0.1) is 35.5 Å². The number of rotatable bonds is 7. The SMILES string of the molecule is CC1COC2C(C)C3OC(=O)C(CCC(=O)NCCCN4CCNC4)C(C)C3CC12. The normalized spacial score (nSPS) is 41.2. The smallest absolute Gasteiger partial charge is 0.309 e. The molecule has 0 bridgehead atoms. The molecule has 4 fully saturated rings. The van der Waals surface area contributed by atoms with E-state index in [4.69, 9.17) is 9.47 Å². The Morgan fingerprint density at radius 1 is 1.20 bits per heavy atom. The van der Waals surface area contributed by atoms with Gasteiger partial charge in [-0.05, 0) is 37.0 Å². The molecular formula is C23H39N3O4. The van der Waals surface area contributed by atoms with Crippen molar-refractivity contribution in [1.29, 1.82) is 0 Å². The van der Waals surface area contributed by atoms with Gasteiger partial charge < -0.3 is 20.1 Å². The van der Waals surface area contributed by atoms with E-state index in [2.05, 4.69) is 36.3 Å². The molecular weight excluding hydrogens is 382 g/mol. The number of nitrogens with one attached hydrogen (secondary N) is 2. The van der Waals surface area contributed by atoms with Crippen LogP contribution in [0.4, 0.5) is 0 Å². The number of fused-ring (bicyclic) bond motifs is 2. The van der Waals surface area contributed by atoms with Crippen LogP contribution in [0.3, 0.4) is 0 Å². The Hall–Kier alpha value is -1.18. The number of carbonyl (C=O) groups excluding carboxylic acids is 2. The van der Waals surface area contributed by atoms with Crippen molar-refractivity contribution in [3.63, 3.8) is 0 Å². The monoisotopic (exact) mass is 421 g/mol. The molecule has 0 aromatic heterocycles. The van der Waals surface area contributed by atoms with Crippen molar-refractivity contribution in [2.45, 2.75) is 58.7 Å². The molecule has 3 aliphatic heterocycles. The van der Waals surface area contributed by atoms with Crippen molar-refractivity contribution in [1.82, 2.24) is 15.5 Å². The van der Waals surface area contributed by atoms with Crippen LogP contribution in [0.2, 0.25) is 0 Å². The first-order valence-corrected chi connectivity index (χ1v) is 12.0. The van der Waals surface area contributed by atoms with Crippen LogP contribution in [0.1, 0.15) is 46.5 Å². The van der Waals surface area contributed by atoms with Gasteiger partial charge in [0.25, 0.3) is 0 Å². The summed E-state index contributed by atoms with van der Waals surface area (Å²) in [5.41, 5.74) is 0. The van der Waals surface area contributed by atoms with Crippen LogP contribution in [-0.2, 0) is 19.1 Å². The van der Waals surface area contributed by atoms with E-state index in [0.717, 1.165) is 45.8 Å². The molecule has 3 saturated heterocycles. The minimum absolute atomic E-state index is 0.0378. The highest BCUT2D eigenvalue weighted by molar-refractivity contribution is 5.78. The number of nitrogens with zero attached hydrogens (tertiary/aromatic N) is 1. The van der Waals surface area contributed by atoms with Crippen LogP contribution in [0.15, 0.2) is 0 Å². The van der Waals surface area contributed by atoms with E-state index in [1.165, 1.54) is 0 Å². The molecule has 7 nitrogen and oxygen atoms in total. The topological polar surface area (TPSA) is 79.9 Å². The number of ether oxygens (including phenoxy) is 2. The third-order valence-electron chi connectivity index (χ3n) is 8.17. The summed E-state index contributed by atoms with van der Waals surface area (Å²) in [6, 6.07) is 0. The van der Waals surface area contributed by atoms with Crippen molar-refractivity contribution < 1.29 is 19.1 Å². The predicted octanol–water partition coefficient (Wildman–Crippen LogP) is 1.62. The van der Waals surface area contributed by atoms with Crippen LogP contribution in [-0.4, -0.2) is 68.4 Å². The third-order valence-corrected chi connectivity index (χ3v) is 8.17. The van der Waals surface area contributed by atoms with E-state index in [1.54, 1.807) is 0 Å². The summed E-state index contributed by atoms with van der Waals surface area (Å²) < 4.78 is 12.0. The second kappa shape index (κ2) is 9.53. The van der Waals surface area contributed by atoms with Crippen molar-refractivity contribution >= 4 is 11.9 Å². The fourth-order valence-electron chi connectivity index (χ4n) is 6.24. The zero-order valence-corrected chi connectivity index (χ0v) is 18.8. The van der Waals surface area contributed by atoms with Gasteiger partial charge in [-0.2, -0.15) is 0 Å². The predicted molar refractivity (Wildman–Crippen MR) is 114 cm³/mol. The van der Waals surface area contributed by atoms with Gasteiger partial charge in [-0.3, -0.25) is 14.5 Å². The van der Waals surface area contributed by atoms with Crippen molar-refractivity contribution in [3.05, 3.63) is 0 Å². The molecule has 0 aromatic rings. The fraction of sp³-hybridized carbons (Fsp3) is 0.913.